The van der Waals surface area contributed by atoms with Gasteiger partial charge in [0.1, 0.15) is 0 Å². The molecular formula is C22H28O4Sn. The van der Waals surface area contributed by atoms with Gasteiger partial charge in [0.05, 0.1) is 0 Å². The molecule has 0 atom stereocenters. The van der Waals surface area contributed by atoms with Crippen molar-refractivity contribution in [1.82, 2.24) is 0 Å². The largest absolute Gasteiger partial charge is 4.00 e. The molecule has 2 rings (SSSR count). The van der Waals surface area contributed by atoms with Crippen LogP contribution in [-0.2, 0) is 0 Å². The van der Waals surface area contributed by atoms with Gasteiger partial charge in [0.25, 0.3) is 0 Å². The van der Waals surface area contributed by atoms with Crippen molar-refractivity contribution < 1.29 is 10.2 Å². The van der Waals surface area contributed by atoms with Crippen molar-refractivity contribution in [1.29, 1.82) is 0 Å². The summed E-state index contributed by atoms with van der Waals surface area (Å²) >= 11 is 0. The molecule has 0 radical (unpaired) electrons. The van der Waals surface area contributed by atoms with Crippen LogP contribution in [0.1, 0.15) is 39.5 Å². The molecular weight excluding hydrogens is 447 g/mol. The van der Waals surface area contributed by atoms with E-state index in [1.165, 1.54) is 37.1 Å². The van der Waals surface area contributed by atoms with E-state index in [-0.39, 0.29) is 23.9 Å². The molecule has 0 aliphatic carbocycles. The van der Waals surface area contributed by atoms with Crippen molar-refractivity contribution in [3.05, 3.63) is 95.0 Å². The standard InChI is InChI=1S/2C7H6O2.2C4H9.Sn/c2*8-6-4-2-1-3-5-7(6)9;2*1-3-4-2;/h2*1-5H,(H,8,9);2*1,3-4H2,2H3;/q;;2*-1;+4/p-2. The van der Waals surface area contributed by atoms with Crippen LogP contribution >= 0.6 is 0 Å². The first-order valence-corrected chi connectivity index (χ1v) is 8.55. The van der Waals surface area contributed by atoms with Crippen molar-refractivity contribution in [2.24, 2.45) is 0 Å². The fourth-order valence-corrected chi connectivity index (χ4v) is 1.03. The second-order valence-corrected chi connectivity index (χ2v) is 4.99. The Morgan fingerprint density at radius 1 is 0.667 bits per heavy atom. The Kier molecular flexibility index (Phi) is 24.6. The Hall–Kier alpha value is -1.82. The maximum Gasteiger partial charge on any atom is 4.00 e. The minimum Gasteiger partial charge on any atom is -0.870 e. The summed E-state index contributed by atoms with van der Waals surface area (Å²) in [6.07, 6.45) is 4.56. The predicted octanol–water partition coefficient (Wildman–Crippen LogP) is 3.10. The van der Waals surface area contributed by atoms with Crippen LogP contribution in [0, 0.1) is 13.8 Å². The second kappa shape index (κ2) is 22.2. The van der Waals surface area contributed by atoms with E-state index in [1.54, 1.807) is 36.4 Å². The van der Waals surface area contributed by atoms with Crippen LogP contribution in [0.2, 0.25) is 0 Å². The second-order valence-electron chi connectivity index (χ2n) is 4.99. The van der Waals surface area contributed by atoms with Gasteiger partial charge in [-0.1, -0.05) is 86.7 Å². The first kappa shape index (κ1) is 29.9. The van der Waals surface area contributed by atoms with Crippen LogP contribution in [0.4, 0.5) is 0 Å². The Morgan fingerprint density at radius 3 is 1.19 bits per heavy atom. The summed E-state index contributed by atoms with van der Waals surface area (Å²) in [5.41, 5.74) is -0.917. The van der Waals surface area contributed by atoms with Gasteiger partial charge in [0.15, 0.2) is 10.9 Å². The zero-order chi connectivity index (χ0) is 20.2. The van der Waals surface area contributed by atoms with Crippen LogP contribution in [0.25, 0.3) is 0 Å². The van der Waals surface area contributed by atoms with Gasteiger partial charge in [-0.15, -0.1) is 0 Å². The van der Waals surface area contributed by atoms with E-state index >= 15 is 0 Å². The zero-order valence-corrected chi connectivity index (χ0v) is 19.0. The molecule has 0 N–H and O–H groups in total. The minimum atomic E-state index is -0.458. The van der Waals surface area contributed by atoms with E-state index in [2.05, 4.69) is 27.7 Å². The van der Waals surface area contributed by atoms with E-state index < -0.39 is 22.4 Å². The summed E-state index contributed by atoms with van der Waals surface area (Å²) in [5, 5.41) is 21.0. The van der Waals surface area contributed by atoms with Gasteiger partial charge in [-0.2, -0.15) is 12.8 Å². The molecule has 0 saturated carbocycles. The van der Waals surface area contributed by atoms with E-state index in [1.807, 2.05) is 0 Å². The monoisotopic (exact) mass is 476 g/mol. The maximum absolute atomic E-state index is 10.5. The Labute approximate surface area is 179 Å². The molecule has 4 nitrogen and oxygen atoms in total. The van der Waals surface area contributed by atoms with Crippen molar-refractivity contribution in [3.8, 4) is 11.5 Å². The van der Waals surface area contributed by atoms with E-state index in [0.717, 1.165) is 12.8 Å². The van der Waals surface area contributed by atoms with Gasteiger partial charge in [0.2, 0.25) is 0 Å². The van der Waals surface area contributed by atoms with Gasteiger partial charge in [-0.3, -0.25) is 9.59 Å². The third kappa shape index (κ3) is 20.3. The summed E-state index contributed by atoms with van der Waals surface area (Å²) in [7, 11) is 0. The maximum atomic E-state index is 10.5. The number of hydrogen-bond donors (Lipinski definition) is 0. The molecule has 0 fully saturated rings. The third-order valence-electron chi connectivity index (χ3n) is 2.63. The first-order valence-electron chi connectivity index (χ1n) is 8.55. The van der Waals surface area contributed by atoms with Crippen molar-refractivity contribution in [2.75, 3.05) is 0 Å². The molecule has 2 aromatic rings. The van der Waals surface area contributed by atoms with Gasteiger partial charge in [0, 0.05) is 0 Å². The molecule has 0 amide bonds. The normalized spacial score (nSPS) is 8.15. The fourth-order valence-electron chi connectivity index (χ4n) is 1.03. The molecule has 27 heavy (non-hydrogen) atoms. The summed E-state index contributed by atoms with van der Waals surface area (Å²) in [5.74, 6) is -0.917. The summed E-state index contributed by atoms with van der Waals surface area (Å²) in [6.45, 7) is 11.4. The SMILES string of the molecule is O=c1cccccc1[O-].O=c1cccccc1[O-].[CH2-]CCC.[CH2-]CCC.[Sn+4]. The number of hydrogen-bond acceptors (Lipinski definition) is 4. The van der Waals surface area contributed by atoms with Crippen LogP contribution in [0.3, 0.4) is 0 Å². The van der Waals surface area contributed by atoms with Crippen LogP contribution in [-0.4, -0.2) is 23.9 Å². The van der Waals surface area contributed by atoms with E-state index in [0.29, 0.717) is 0 Å². The van der Waals surface area contributed by atoms with Crippen molar-refractivity contribution in [2.45, 2.75) is 39.5 Å². The summed E-state index contributed by atoms with van der Waals surface area (Å²) < 4.78 is 0. The van der Waals surface area contributed by atoms with E-state index in [4.69, 9.17) is 0 Å². The molecule has 0 aliphatic rings. The van der Waals surface area contributed by atoms with Crippen LogP contribution < -0.4 is 21.1 Å². The van der Waals surface area contributed by atoms with Gasteiger partial charge >= 0.3 is 23.9 Å². The van der Waals surface area contributed by atoms with Crippen LogP contribution in [0.5, 0.6) is 11.5 Å². The van der Waals surface area contributed by atoms with Gasteiger partial charge < -0.3 is 24.1 Å². The molecule has 144 valence electrons. The van der Waals surface area contributed by atoms with Gasteiger partial charge in [-0.25, -0.2) is 0 Å². The average molecular weight is 475 g/mol. The number of rotatable bonds is 2. The zero-order valence-electron chi connectivity index (χ0n) is 16.1. The molecule has 5 heteroatoms. The quantitative estimate of drug-likeness (QED) is 0.494. The molecule has 0 unspecified atom stereocenters. The molecule has 0 bridgehead atoms. The third-order valence-corrected chi connectivity index (χ3v) is 2.63. The minimum absolute atomic E-state index is 0. The first-order chi connectivity index (χ1) is 12.4. The topological polar surface area (TPSA) is 80.3 Å². The van der Waals surface area contributed by atoms with Crippen molar-refractivity contribution >= 4 is 23.9 Å². The van der Waals surface area contributed by atoms with E-state index in [9.17, 15) is 19.8 Å². The summed E-state index contributed by atoms with van der Waals surface area (Å²) in [4.78, 5) is 21.0. The molecule has 0 heterocycles. The van der Waals surface area contributed by atoms with Gasteiger partial charge in [-0.05, 0) is 12.1 Å². The average Bonchev–Trinajstić information content (AvgIpc) is 2.97. The predicted molar refractivity (Wildman–Crippen MR) is 111 cm³/mol. The molecule has 0 spiro atoms. The summed E-state index contributed by atoms with van der Waals surface area (Å²) in [6, 6.07) is 14.5. The molecule has 0 aromatic heterocycles. The number of unbranched alkanes of at least 4 members (excludes halogenated alkanes) is 2. The Bertz CT molecular complexity index is 625. The fraction of sp³-hybridized carbons (Fsp3) is 0.273. The van der Waals surface area contributed by atoms with Crippen molar-refractivity contribution in [3.63, 3.8) is 0 Å². The molecule has 0 aliphatic heterocycles. The molecule has 0 saturated heterocycles. The van der Waals surface area contributed by atoms with Crippen LogP contribution in [0.15, 0.2) is 70.3 Å². The Balaban J connectivity index is -0.000000303. The smallest absolute Gasteiger partial charge is 0.870 e. The Morgan fingerprint density at radius 2 is 0.926 bits per heavy atom. The molecule has 2 aromatic carbocycles.